The van der Waals surface area contributed by atoms with Crippen molar-refractivity contribution >= 4 is 0 Å². The topological polar surface area (TPSA) is 54.1 Å². The molecule has 2 fully saturated rings. The first-order valence-electron chi connectivity index (χ1n) is 6.98. The van der Waals surface area contributed by atoms with Crippen molar-refractivity contribution < 1.29 is 0 Å². The van der Waals surface area contributed by atoms with E-state index >= 15 is 0 Å². The SMILES string of the molecule is CCN1CCC2(CCN(C#N)CC2)C(CC#N)C1. The molecule has 98 valence electrons. The Balaban J connectivity index is 2.06. The van der Waals surface area contributed by atoms with E-state index in [0.29, 0.717) is 17.8 Å². The van der Waals surface area contributed by atoms with E-state index in [4.69, 9.17) is 10.5 Å². The molecule has 0 amide bonds. The maximum atomic E-state index is 9.06. The molecule has 0 N–H and O–H groups in total. The van der Waals surface area contributed by atoms with Gasteiger partial charge in [-0.2, -0.15) is 10.5 Å². The summed E-state index contributed by atoms with van der Waals surface area (Å²) in [6.07, 6.45) is 6.30. The van der Waals surface area contributed by atoms with Crippen LogP contribution in [0.15, 0.2) is 0 Å². The fraction of sp³-hybridized carbons (Fsp3) is 0.857. The molecule has 0 aliphatic carbocycles. The molecule has 2 aliphatic heterocycles. The van der Waals surface area contributed by atoms with Crippen molar-refractivity contribution in [2.45, 2.75) is 32.6 Å². The number of piperidine rings is 2. The minimum Gasteiger partial charge on any atom is -0.311 e. The van der Waals surface area contributed by atoms with Gasteiger partial charge in [-0.3, -0.25) is 0 Å². The molecule has 0 aromatic heterocycles. The van der Waals surface area contributed by atoms with Crippen LogP contribution >= 0.6 is 0 Å². The number of hydrogen-bond donors (Lipinski definition) is 0. The average Bonchev–Trinajstić information content (AvgIpc) is 2.42. The van der Waals surface area contributed by atoms with Crippen molar-refractivity contribution in [3.63, 3.8) is 0 Å². The Morgan fingerprint density at radius 2 is 1.83 bits per heavy atom. The molecule has 0 saturated carbocycles. The maximum Gasteiger partial charge on any atom is 0.179 e. The van der Waals surface area contributed by atoms with Gasteiger partial charge in [-0.25, -0.2) is 0 Å². The predicted molar refractivity (Wildman–Crippen MR) is 69.3 cm³/mol. The van der Waals surface area contributed by atoms with E-state index in [2.05, 4.69) is 24.1 Å². The van der Waals surface area contributed by atoms with Crippen molar-refractivity contribution in [2.75, 3.05) is 32.7 Å². The lowest BCUT2D eigenvalue weighted by Crippen LogP contribution is -2.51. The fourth-order valence-electron chi connectivity index (χ4n) is 3.57. The van der Waals surface area contributed by atoms with Gasteiger partial charge in [-0.05, 0) is 43.7 Å². The van der Waals surface area contributed by atoms with Gasteiger partial charge in [-0.15, -0.1) is 0 Å². The van der Waals surface area contributed by atoms with Crippen molar-refractivity contribution in [1.82, 2.24) is 9.80 Å². The number of nitriles is 2. The van der Waals surface area contributed by atoms with Crippen LogP contribution < -0.4 is 0 Å². The van der Waals surface area contributed by atoms with Gasteiger partial charge in [0.25, 0.3) is 0 Å². The second-order valence-electron chi connectivity index (χ2n) is 5.65. The third-order valence-electron chi connectivity index (χ3n) is 4.96. The van der Waals surface area contributed by atoms with Crippen molar-refractivity contribution in [3.05, 3.63) is 0 Å². The van der Waals surface area contributed by atoms with E-state index in [1.807, 2.05) is 4.90 Å². The summed E-state index contributed by atoms with van der Waals surface area (Å²) in [5, 5.41) is 18.0. The van der Waals surface area contributed by atoms with Crippen molar-refractivity contribution in [3.8, 4) is 12.3 Å². The van der Waals surface area contributed by atoms with E-state index in [9.17, 15) is 0 Å². The van der Waals surface area contributed by atoms with Crippen LogP contribution in [0.3, 0.4) is 0 Å². The highest BCUT2D eigenvalue weighted by Crippen LogP contribution is 2.46. The minimum absolute atomic E-state index is 0.328. The average molecular weight is 246 g/mol. The van der Waals surface area contributed by atoms with Crippen LogP contribution in [0.1, 0.15) is 32.6 Å². The highest BCUT2D eigenvalue weighted by Gasteiger charge is 2.44. The first-order valence-corrected chi connectivity index (χ1v) is 6.98. The number of likely N-dealkylation sites (tertiary alicyclic amines) is 2. The summed E-state index contributed by atoms with van der Waals surface area (Å²) in [5.41, 5.74) is 0.328. The van der Waals surface area contributed by atoms with Gasteiger partial charge in [0.1, 0.15) is 0 Å². The molecule has 0 aromatic carbocycles. The molecule has 4 heteroatoms. The number of nitrogens with zero attached hydrogens (tertiary/aromatic N) is 4. The number of hydrogen-bond acceptors (Lipinski definition) is 4. The first-order chi connectivity index (χ1) is 8.74. The molecular weight excluding hydrogens is 224 g/mol. The van der Waals surface area contributed by atoms with Crippen LogP contribution in [0, 0.1) is 34.1 Å². The van der Waals surface area contributed by atoms with Gasteiger partial charge in [0.15, 0.2) is 6.19 Å². The maximum absolute atomic E-state index is 9.06. The van der Waals surface area contributed by atoms with E-state index < -0.39 is 0 Å². The largest absolute Gasteiger partial charge is 0.311 e. The fourth-order valence-corrected chi connectivity index (χ4v) is 3.57. The summed E-state index contributed by atoms with van der Waals surface area (Å²) in [7, 11) is 0. The summed E-state index contributed by atoms with van der Waals surface area (Å²) in [4.78, 5) is 4.32. The molecular formula is C14H22N4. The summed E-state index contributed by atoms with van der Waals surface area (Å²) in [6, 6.07) is 2.37. The highest BCUT2D eigenvalue weighted by molar-refractivity contribution is 5.00. The van der Waals surface area contributed by atoms with Crippen LogP contribution in [0.2, 0.25) is 0 Å². The Morgan fingerprint density at radius 1 is 1.17 bits per heavy atom. The van der Waals surface area contributed by atoms with Gasteiger partial charge in [0, 0.05) is 26.1 Å². The highest BCUT2D eigenvalue weighted by atomic mass is 15.2. The van der Waals surface area contributed by atoms with Crippen LogP contribution in [0.4, 0.5) is 0 Å². The molecule has 2 aliphatic rings. The van der Waals surface area contributed by atoms with Crippen LogP contribution in [-0.2, 0) is 0 Å². The molecule has 18 heavy (non-hydrogen) atoms. The molecule has 2 heterocycles. The second-order valence-corrected chi connectivity index (χ2v) is 5.65. The lowest BCUT2D eigenvalue weighted by Gasteiger charge is -2.50. The summed E-state index contributed by atoms with van der Waals surface area (Å²) in [6.45, 7) is 7.26. The molecule has 2 saturated heterocycles. The molecule has 1 atom stereocenters. The summed E-state index contributed by atoms with van der Waals surface area (Å²) < 4.78 is 0. The first kappa shape index (κ1) is 13.2. The molecule has 0 radical (unpaired) electrons. The van der Waals surface area contributed by atoms with Crippen molar-refractivity contribution in [2.24, 2.45) is 11.3 Å². The second kappa shape index (κ2) is 5.59. The zero-order valence-corrected chi connectivity index (χ0v) is 11.2. The standard InChI is InChI=1S/C14H22N4/c1-2-17-8-4-14(13(11-17)3-7-15)5-9-18(12-16)10-6-14/h13H,2-6,8-11H2,1H3. The van der Waals surface area contributed by atoms with Crippen LogP contribution in [0.25, 0.3) is 0 Å². The molecule has 0 bridgehead atoms. The molecule has 2 rings (SSSR count). The van der Waals surface area contributed by atoms with Gasteiger partial charge < -0.3 is 9.80 Å². The smallest absolute Gasteiger partial charge is 0.179 e. The normalized spacial score (nSPS) is 27.7. The number of rotatable bonds is 2. The molecule has 0 aromatic rings. The Morgan fingerprint density at radius 3 is 2.39 bits per heavy atom. The molecule has 1 unspecified atom stereocenters. The zero-order chi connectivity index (χ0) is 13.0. The molecule has 1 spiro atoms. The zero-order valence-electron chi connectivity index (χ0n) is 11.2. The van der Waals surface area contributed by atoms with E-state index in [0.717, 1.165) is 45.6 Å². The van der Waals surface area contributed by atoms with Gasteiger partial charge in [0.2, 0.25) is 0 Å². The summed E-state index contributed by atoms with van der Waals surface area (Å²) >= 11 is 0. The van der Waals surface area contributed by atoms with E-state index in [-0.39, 0.29) is 0 Å². The minimum atomic E-state index is 0.328. The van der Waals surface area contributed by atoms with Crippen LogP contribution in [0.5, 0.6) is 0 Å². The Kier molecular flexibility index (Phi) is 4.09. The lowest BCUT2D eigenvalue weighted by molar-refractivity contribution is -0.00568. The Bertz CT molecular complexity index is 357. The Labute approximate surface area is 110 Å². The van der Waals surface area contributed by atoms with E-state index in [1.165, 1.54) is 6.42 Å². The predicted octanol–water partition coefficient (Wildman–Crippen LogP) is 1.81. The lowest BCUT2D eigenvalue weighted by atomic mass is 9.63. The quantitative estimate of drug-likeness (QED) is 0.697. The van der Waals surface area contributed by atoms with E-state index in [1.54, 1.807) is 0 Å². The summed E-state index contributed by atoms with van der Waals surface area (Å²) in [5.74, 6) is 0.497. The molecule has 4 nitrogen and oxygen atoms in total. The van der Waals surface area contributed by atoms with Crippen LogP contribution in [-0.4, -0.2) is 42.5 Å². The van der Waals surface area contributed by atoms with Gasteiger partial charge in [-0.1, -0.05) is 6.92 Å². The monoisotopic (exact) mass is 246 g/mol. The third-order valence-corrected chi connectivity index (χ3v) is 4.96. The van der Waals surface area contributed by atoms with Gasteiger partial charge in [0.05, 0.1) is 6.07 Å². The Hall–Kier alpha value is -1.26. The third kappa shape index (κ3) is 2.44. The van der Waals surface area contributed by atoms with Gasteiger partial charge >= 0.3 is 0 Å². The van der Waals surface area contributed by atoms with Crippen molar-refractivity contribution in [1.29, 1.82) is 10.5 Å².